The maximum Gasteiger partial charge on any atom is 0.410 e. The summed E-state index contributed by atoms with van der Waals surface area (Å²) in [5, 5.41) is 3.68. The molecule has 1 saturated heterocycles. The molecule has 0 aromatic heterocycles. The molecule has 1 aliphatic heterocycles. The van der Waals surface area contributed by atoms with Crippen LogP contribution in [0.4, 0.5) is 16.2 Å². The normalized spacial score (nSPS) is 14.4. The van der Waals surface area contributed by atoms with Crippen molar-refractivity contribution in [2.75, 3.05) is 38.2 Å². The largest absolute Gasteiger partial charge is 0.465 e. The molecule has 0 spiro atoms. The number of ether oxygens (including phenoxy) is 2. The number of hydrogen-bond acceptors (Lipinski definition) is 6. The number of hydrogen-bond donors (Lipinski definition) is 0. The standard InChI is InChI=1S/C18H25N5O4/c1-12-14(16(24)26-5)10-13(11-15(12)20-21-19)22-6-8-23(9-7-22)17(25)27-18(2,3)4/h10-11H,6-9H2,1-5H3. The minimum absolute atomic E-state index is 0.337. The van der Waals surface area contributed by atoms with Crippen molar-refractivity contribution in [2.45, 2.75) is 33.3 Å². The molecule has 9 heteroatoms. The van der Waals surface area contributed by atoms with E-state index >= 15 is 0 Å². The van der Waals surface area contributed by atoms with Gasteiger partial charge in [0.2, 0.25) is 0 Å². The van der Waals surface area contributed by atoms with Crippen LogP contribution in [0.5, 0.6) is 0 Å². The second kappa shape index (κ2) is 8.18. The smallest absolute Gasteiger partial charge is 0.410 e. The monoisotopic (exact) mass is 375 g/mol. The van der Waals surface area contributed by atoms with Gasteiger partial charge in [-0.25, -0.2) is 9.59 Å². The number of carbonyl (C=O) groups excluding carboxylic acids is 2. The molecule has 1 aliphatic rings. The average Bonchev–Trinajstić information content (AvgIpc) is 2.61. The maximum atomic E-state index is 12.2. The third kappa shape index (κ3) is 5.04. The highest BCUT2D eigenvalue weighted by molar-refractivity contribution is 5.94. The lowest BCUT2D eigenvalue weighted by Crippen LogP contribution is -2.50. The highest BCUT2D eigenvalue weighted by atomic mass is 16.6. The van der Waals surface area contributed by atoms with E-state index in [0.29, 0.717) is 43.0 Å². The first-order valence-electron chi connectivity index (χ1n) is 8.67. The zero-order valence-electron chi connectivity index (χ0n) is 16.4. The lowest BCUT2D eigenvalue weighted by atomic mass is 10.0. The second-order valence-corrected chi connectivity index (χ2v) is 7.27. The molecule has 0 aliphatic carbocycles. The molecule has 146 valence electrons. The lowest BCUT2D eigenvalue weighted by Gasteiger charge is -2.37. The SMILES string of the molecule is COC(=O)c1cc(N2CCN(C(=O)OC(C)(C)C)CC2)cc(N=[N+]=[N-])c1C. The van der Waals surface area contributed by atoms with Gasteiger partial charge in [-0.05, 0) is 50.9 Å². The van der Waals surface area contributed by atoms with Crippen molar-refractivity contribution < 1.29 is 19.1 Å². The third-order valence-corrected chi connectivity index (χ3v) is 4.22. The molecule has 1 heterocycles. The Labute approximate surface area is 158 Å². The van der Waals surface area contributed by atoms with Gasteiger partial charge in [-0.2, -0.15) is 0 Å². The lowest BCUT2D eigenvalue weighted by molar-refractivity contribution is 0.0240. The first-order valence-corrected chi connectivity index (χ1v) is 8.67. The van der Waals surface area contributed by atoms with E-state index in [-0.39, 0.29) is 6.09 Å². The molecule has 0 atom stereocenters. The Kier molecular flexibility index (Phi) is 6.17. The maximum absolute atomic E-state index is 12.2. The summed E-state index contributed by atoms with van der Waals surface area (Å²) in [5.74, 6) is -0.490. The van der Waals surface area contributed by atoms with E-state index in [1.165, 1.54) is 7.11 Å². The van der Waals surface area contributed by atoms with Crippen LogP contribution in [0.1, 0.15) is 36.7 Å². The van der Waals surface area contributed by atoms with Crippen LogP contribution in [0.3, 0.4) is 0 Å². The molecule has 9 nitrogen and oxygen atoms in total. The zero-order valence-corrected chi connectivity index (χ0v) is 16.4. The molecule has 0 saturated carbocycles. The molecule has 0 unspecified atom stereocenters. The number of piperazine rings is 1. The summed E-state index contributed by atoms with van der Waals surface area (Å²) in [7, 11) is 1.31. The van der Waals surface area contributed by atoms with Crippen LogP contribution in [0.25, 0.3) is 10.4 Å². The number of esters is 1. The second-order valence-electron chi connectivity index (χ2n) is 7.27. The predicted octanol–water partition coefficient (Wildman–Crippen LogP) is 3.78. The zero-order chi connectivity index (χ0) is 20.2. The Morgan fingerprint density at radius 3 is 2.33 bits per heavy atom. The fraction of sp³-hybridized carbons (Fsp3) is 0.556. The quantitative estimate of drug-likeness (QED) is 0.346. The van der Waals surface area contributed by atoms with Crippen LogP contribution >= 0.6 is 0 Å². The Bertz CT molecular complexity index is 773. The number of methoxy groups -OCH3 is 1. The van der Waals surface area contributed by atoms with Gasteiger partial charge in [0.05, 0.1) is 12.7 Å². The fourth-order valence-corrected chi connectivity index (χ4v) is 2.81. The van der Waals surface area contributed by atoms with Gasteiger partial charge in [-0.1, -0.05) is 5.11 Å². The van der Waals surface area contributed by atoms with Crippen LogP contribution in [-0.4, -0.2) is 55.9 Å². The topological polar surface area (TPSA) is 108 Å². The molecule has 0 radical (unpaired) electrons. The van der Waals surface area contributed by atoms with Crippen LogP contribution in [0.2, 0.25) is 0 Å². The van der Waals surface area contributed by atoms with E-state index in [9.17, 15) is 9.59 Å². The molecular formula is C18H25N5O4. The molecule has 1 amide bonds. The van der Waals surface area contributed by atoms with E-state index in [1.807, 2.05) is 25.7 Å². The Balaban J connectivity index is 2.20. The number of amides is 1. The average molecular weight is 375 g/mol. The first-order chi connectivity index (χ1) is 12.7. The van der Waals surface area contributed by atoms with Crippen LogP contribution < -0.4 is 4.90 Å². The number of carbonyl (C=O) groups is 2. The van der Waals surface area contributed by atoms with Gasteiger partial charge in [-0.15, -0.1) is 0 Å². The van der Waals surface area contributed by atoms with E-state index in [1.54, 1.807) is 24.0 Å². The molecule has 2 rings (SSSR count). The van der Waals surface area contributed by atoms with Crippen molar-refractivity contribution in [3.63, 3.8) is 0 Å². The number of nitrogens with zero attached hydrogens (tertiary/aromatic N) is 5. The molecule has 0 N–H and O–H groups in total. The van der Waals surface area contributed by atoms with Gasteiger partial charge in [-0.3, -0.25) is 0 Å². The summed E-state index contributed by atoms with van der Waals surface area (Å²) >= 11 is 0. The van der Waals surface area contributed by atoms with E-state index in [0.717, 1.165) is 5.69 Å². The van der Waals surface area contributed by atoms with Gasteiger partial charge in [0.25, 0.3) is 0 Å². The molecule has 27 heavy (non-hydrogen) atoms. The van der Waals surface area contributed by atoms with Crippen LogP contribution in [0.15, 0.2) is 17.2 Å². The van der Waals surface area contributed by atoms with Crippen molar-refractivity contribution in [1.29, 1.82) is 0 Å². The first kappa shape index (κ1) is 20.4. The minimum Gasteiger partial charge on any atom is -0.465 e. The van der Waals surface area contributed by atoms with Crippen molar-refractivity contribution in [1.82, 2.24) is 4.90 Å². The van der Waals surface area contributed by atoms with Crippen LogP contribution in [-0.2, 0) is 9.47 Å². The van der Waals surface area contributed by atoms with Crippen molar-refractivity contribution in [2.24, 2.45) is 5.11 Å². The third-order valence-electron chi connectivity index (χ3n) is 4.22. The van der Waals surface area contributed by atoms with E-state index in [4.69, 9.17) is 15.0 Å². The Morgan fingerprint density at radius 1 is 1.19 bits per heavy atom. The molecule has 0 bridgehead atoms. The summed E-state index contributed by atoms with van der Waals surface area (Å²) in [6, 6.07) is 3.46. The minimum atomic E-state index is -0.537. The number of benzene rings is 1. The van der Waals surface area contributed by atoms with Gasteiger partial charge in [0, 0.05) is 42.5 Å². The van der Waals surface area contributed by atoms with Gasteiger partial charge >= 0.3 is 12.1 Å². The number of azide groups is 1. The molecule has 1 aromatic rings. The van der Waals surface area contributed by atoms with Gasteiger partial charge in [0.1, 0.15) is 5.60 Å². The molecule has 1 fully saturated rings. The van der Waals surface area contributed by atoms with Crippen LogP contribution in [0, 0.1) is 6.92 Å². The predicted molar refractivity (Wildman–Crippen MR) is 101 cm³/mol. The van der Waals surface area contributed by atoms with Gasteiger partial charge in [0.15, 0.2) is 0 Å². The number of rotatable bonds is 3. The van der Waals surface area contributed by atoms with Crippen molar-refractivity contribution in [3.8, 4) is 0 Å². The van der Waals surface area contributed by atoms with E-state index < -0.39 is 11.6 Å². The highest BCUT2D eigenvalue weighted by Crippen LogP contribution is 2.30. The van der Waals surface area contributed by atoms with Gasteiger partial charge < -0.3 is 19.3 Å². The summed E-state index contributed by atoms with van der Waals surface area (Å²) in [5.41, 5.74) is 10.3. The van der Waals surface area contributed by atoms with E-state index in [2.05, 4.69) is 10.0 Å². The van der Waals surface area contributed by atoms with Crippen molar-refractivity contribution >= 4 is 23.4 Å². The van der Waals surface area contributed by atoms with Crippen molar-refractivity contribution in [3.05, 3.63) is 33.7 Å². The Morgan fingerprint density at radius 2 is 1.81 bits per heavy atom. The highest BCUT2D eigenvalue weighted by Gasteiger charge is 2.26. The summed E-state index contributed by atoms with van der Waals surface area (Å²) in [4.78, 5) is 30.8. The molecule has 1 aromatic carbocycles. The summed E-state index contributed by atoms with van der Waals surface area (Å²) in [6.07, 6.45) is -0.337. The summed E-state index contributed by atoms with van der Waals surface area (Å²) < 4.78 is 10.2. The number of anilines is 1. The Hall–Kier alpha value is -2.93. The molecular weight excluding hydrogens is 350 g/mol. The summed E-state index contributed by atoms with van der Waals surface area (Å²) in [6.45, 7) is 9.33. The fourth-order valence-electron chi connectivity index (χ4n) is 2.81.